The van der Waals surface area contributed by atoms with E-state index in [2.05, 4.69) is 20.9 Å². The van der Waals surface area contributed by atoms with Crippen molar-refractivity contribution in [1.29, 1.82) is 0 Å². The molecule has 8 heteroatoms. The highest BCUT2D eigenvalue weighted by atomic mass is 79.9. The minimum atomic E-state index is -0.737. The lowest BCUT2D eigenvalue weighted by molar-refractivity contribution is -0.139. The van der Waals surface area contributed by atoms with E-state index in [1.54, 1.807) is 36.3 Å². The number of aliphatic hydroxyl groups excluding tert-OH is 1. The monoisotopic (exact) mass is 574 g/mol. The molecule has 1 saturated heterocycles. The number of aromatic amines is 1. The largest absolute Gasteiger partial charge is 0.507 e. The van der Waals surface area contributed by atoms with Crippen LogP contribution in [0.3, 0.4) is 0 Å². The van der Waals surface area contributed by atoms with Crippen LogP contribution in [0, 0.1) is 0 Å². The highest BCUT2D eigenvalue weighted by molar-refractivity contribution is 9.10. The third-order valence-electron chi connectivity index (χ3n) is 6.74. The number of amides is 1. The quantitative estimate of drug-likeness (QED) is 0.153. The summed E-state index contributed by atoms with van der Waals surface area (Å²) in [5, 5.41) is 12.3. The molecular formula is C30H27BrN2O5. The van der Waals surface area contributed by atoms with Crippen molar-refractivity contribution in [2.75, 3.05) is 20.3 Å². The van der Waals surface area contributed by atoms with Crippen LogP contribution in [0.2, 0.25) is 0 Å². The second-order valence-electron chi connectivity index (χ2n) is 8.98. The van der Waals surface area contributed by atoms with Gasteiger partial charge in [0.25, 0.3) is 11.7 Å². The second kappa shape index (κ2) is 10.8. The lowest BCUT2D eigenvalue weighted by Gasteiger charge is -2.25. The van der Waals surface area contributed by atoms with Crippen LogP contribution in [0.25, 0.3) is 16.7 Å². The number of aliphatic hydroxyl groups is 1. The van der Waals surface area contributed by atoms with E-state index in [0.717, 1.165) is 32.3 Å². The van der Waals surface area contributed by atoms with Gasteiger partial charge in [-0.2, -0.15) is 0 Å². The van der Waals surface area contributed by atoms with Crippen molar-refractivity contribution in [2.45, 2.75) is 19.4 Å². The Hall–Kier alpha value is -4.04. The lowest BCUT2D eigenvalue weighted by Crippen LogP contribution is -2.31. The molecular weight excluding hydrogens is 548 g/mol. The summed E-state index contributed by atoms with van der Waals surface area (Å²) in [6, 6.07) is 19.3. The predicted octanol–water partition coefficient (Wildman–Crippen LogP) is 6.00. The number of methoxy groups -OCH3 is 1. The number of halogens is 1. The predicted molar refractivity (Wildman–Crippen MR) is 149 cm³/mol. The summed E-state index contributed by atoms with van der Waals surface area (Å²) < 4.78 is 11.7. The first-order chi connectivity index (χ1) is 18.4. The van der Waals surface area contributed by atoms with Gasteiger partial charge in [0.05, 0.1) is 25.3 Å². The Morgan fingerprint density at radius 3 is 2.53 bits per heavy atom. The smallest absolute Gasteiger partial charge is 0.295 e. The number of likely N-dealkylation sites (tertiary alicyclic amines) is 1. The van der Waals surface area contributed by atoms with E-state index in [4.69, 9.17) is 9.47 Å². The van der Waals surface area contributed by atoms with Crippen molar-refractivity contribution in [2.24, 2.45) is 0 Å². The summed E-state index contributed by atoms with van der Waals surface area (Å²) in [5.41, 5.74) is 3.20. The Balaban J connectivity index is 1.53. The van der Waals surface area contributed by atoms with E-state index in [9.17, 15) is 14.7 Å². The van der Waals surface area contributed by atoms with E-state index in [1.165, 1.54) is 0 Å². The van der Waals surface area contributed by atoms with E-state index in [-0.39, 0.29) is 17.9 Å². The number of carbonyl (C=O) groups excluding carboxylic acids is 2. The van der Waals surface area contributed by atoms with Crippen molar-refractivity contribution in [3.05, 3.63) is 99.7 Å². The average Bonchev–Trinajstić information content (AvgIpc) is 3.45. The molecule has 1 atom stereocenters. The van der Waals surface area contributed by atoms with Crippen molar-refractivity contribution >= 4 is 44.3 Å². The molecule has 1 aliphatic rings. The number of benzene rings is 3. The van der Waals surface area contributed by atoms with Crippen LogP contribution in [-0.2, 0) is 16.0 Å². The number of hydrogen-bond donors (Lipinski definition) is 2. The number of nitrogens with zero attached hydrogens (tertiary/aromatic N) is 1. The zero-order valence-corrected chi connectivity index (χ0v) is 22.6. The number of ether oxygens (including phenoxy) is 2. The Kier molecular flexibility index (Phi) is 7.24. The topological polar surface area (TPSA) is 91.9 Å². The van der Waals surface area contributed by atoms with Gasteiger partial charge in [0, 0.05) is 33.7 Å². The molecule has 0 bridgehead atoms. The van der Waals surface area contributed by atoms with Crippen molar-refractivity contribution in [3.8, 4) is 11.5 Å². The minimum Gasteiger partial charge on any atom is -0.507 e. The standard InChI is InChI=1S/C30H27BrN2O5/c1-3-38-22-9-7-18(8-10-22)28(34)26-27(19-5-4-6-21(31)15-19)33(30(36)29(26)35)14-13-20-17-32-25-12-11-23(37-2)16-24(20)25/h4-12,15-17,27,32,34H,3,13-14H2,1-2H3/t27-/m1/s1. The van der Waals surface area contributed by atoms with Crippen LogP contribution >= 0.6 is 15.9 Å². The molecule has 0 radical (unpaired) electrons. The molecule has 5 rings (SSSR count). The highest BCUT2D eigenvalue weighted by Crippen LogP contribution is 2.40. The minimum absolute atomic E-state index is 0.0675. The van der Waals surface area contributed by atoms with Gasteiger partial charge in [0.1, 0.15) is 17.3 Å². The maximum absolute atomic E-state index is 13.4. The molecule has 2 heterocycles. The molecule has 0 spiro atoms. The molecule has 1 aromatic heterocycles. The summed E-state index contributed by atoms with van der Waals surface area (Å²) in [6.07, 6.45) is 2.42. The molecule has 3 aromatic carbocycles. The molecule has 0 aliphatic carbocycles. The molecule has 2 N–H and O–H groups in total. The molecule has 4 aromatic rings. The number of carbonyl (C=O) groups is 2. The van der Waals surface area contributed by atoms with Crippen LogP contribution in [0.4, 0.5) is 0 Å². The Morgan fingerprint density at radius 1 is 1.05 bits per heavy atom. The molecule has 0 saturated carbocycles. The Morgan fingerprint density at radius 2 is 1.82 bits per heavy atom. The summed E-state index contributed by atoms with van der Waals surface area (Å²) in [6.45, 7) is 2.69. The third-order valence-corrected chi connectivity index (χ3v) is 7.23. The van der Waals surface area contributed by atoms with Crippen molar-refractivity contribution < 1.29 is 24.2 Å². The molecule has 1 aliphatic heterocycles. The number of rotatable bonds is 8. The van der Waals surface area contributed by atoms with Gasteiger partial charge in [0.15, 0.2) is 0 Å². The Bertz CT molecular complexity index is 1540. The number of hydrogen-bond acceptors (Lipinski definition) is 5. The average molecular weight is 575 g/mol. The summed E-state index contributed by atoms with van der Waals surface area (Å²) in [7, 11) is 1.62. The fourth-order valence-corrected chi connectivity index (χ4v) is 5.31. The van der Waals surface area contributed by atoms with Gasteiger partial charge in [-0.05, 0) is 79.1 Å². The zero-order valence-electron chi connectivity index (χ0n) is 21.0. The second-order valence-corrected chi connectivity index (χ2v) is 9.90. The van der Waals surface area contributed by atoms with Crippen LogP contribution in [0.15, 0.2) is 83.0 Å². The van der Waals surface area contributed by atoms with Crippen molar-refractivity contribution in [1.82, 2.24) is 9.88 Å². The van der Waals surface area contributed by atoms with Crippen LogP contribution in [0.1, 0.15) is 29.7 Å². The number of fused-ring (bicyclic) bond motifs is 1. The fourth-order valence-electron chi connectivity index (χ4n) is 4.90. The normalized spacial score (nSPS) is 16.8. The number of ketones is 1. The molecule has 38 heavy (non-hydrogen) atoms. The van der Waals surface area contributed by atoms with Gasteiger partial charge >= 0.3 is 0 Å². The van der Waals surface area contributed by atoms with E-state index in [0.29, 0.717) is 24.3 Å². The van der Waals surface area contributed by atoms with Gasteiger partial charge in [-0.1, -0.05) is 28.1 Å². The summed E-state index contributed by atoms with van der Waals surface area (Å²) >= 11 is 3.50. The zero-order chi connectivity index (χ0) is 26.8. The summed E-state index contributed by atoms with van der Waals surface area (Å²) in [5.74, 6) is -0.163. The Labute approximate surface area is 228 Å². The van der Waals surface area contributed by atoms with E-state index >= 15 is 0 Å². The first kappa shape index (κ1) is 25.6. The first-order valence-electron chi connectivity index (χ1n) is 12.3. The number of nitrogens with one attached hydrogen (secondary N) is 1. The van der Waals surface area contributed by atoms with Gasteiger partial charge in [-0.25, -0.2) is 0 Å². The maximum atomic E-state index is 13.4. The number of H-pyrrole nitrogens is 1. The molecule has 194 valence electrons. The molecule has 1 fully saturated rings. The maximum Gasteiger partial charge on any atom is 0.295 e. The van der Waals surface area contributed by atoms with Gasteiger partial charge in [-0.3, -0.25) is 9.59 Å². The first-order valence-corrected chi connectivity index (χ1v) is 13.1. The number of Topliss-reactive ketones (excluding diaryl/α,β-unsaturated/α-hetero) is 1. The summed E-state index contributed by atoms with van der Waals surface area (Å²) in [4.78, 5) is 31.5. The number of aromatic nitrogens is 1. The lowest BCUT2D eigenvalue weighted by atomic mass is 9.95. The van der Waals surface area contributed by atoms with Gasteiger partial charge < -0.3 is 24.5 Å². The van der Waals surface area contributed by atoms with Gasteiger partial charge in [0.2, 0.25) is 0 Å². The van der Waals surface area contributed by atoms with Crippen LogP contribution < -0.4 is 9.47 Å². The van der Waals surface area contributed by atoms with Crippen molar-refractivity contribution in [3.63, 3.8) is 0 Å². The fraction of sp³-hybridized carbons (Fsp3) is 0.200. The molecule has 7 nitrogen and oxygen atoms in total. The van der Waals surface area contributed by atoms with E-state index < -0.39 is 17.7 Å². The molecule has 0 unspecified atom stereocenters. The highest BCUT2D eigenvalue weighted by Gasteiger charge is 2.46. The third kappa shape index (κ3) is 4.79. The SMILES string of the molecule is CCOc1ccc(C(O)=C2C(=O)C(=O)N(CCc3c[nH]c4ccc(OC)cc34)[C@@H]2c2cccc(Br)c2)cc1. The molecule has 1 amide bonds. The van der Waals surface area contributed by atoms with Crippen LogP contribution in [-0.4, -0.2) is 46.9 Å². The van der Waals surface area contributed by atoms with Gasteiger partial charge in [-0.15, -0.1) is 0 Å². The van der Waals surface area contributed by atoms with Crippen LogP contribution in [0.5, 0.6) is 11.5 Å². The van der Waals surface area contributed by atoms with E-state index in [1.807, 2.05) is 55.6 Å².